The van der Waals surface area contributed by atoms with Gasteiger partial charge in [-0.1, -0.05) is 30.3 Å². The summed E-state index contributed by atoms with van der Waals surface area (Å²) in [4.78, 5) is 18.6. The minimum atomic E-state index is -0.0124. The summed E-state index contributed by atoms with van der Waals surface area (Å²) in [5.74, 6) is -0.0124. The Balaban J connectivity index is 1.57. The van der Waals surface area contributed by atoms with Crippen molar-refractivity contribution in [3.05, 3.63) is 66.0 Å². The summed E-state index contributed by atoms with van der Waals surface area (Å²) in [6.07, 6.45) is 4.29. The molecule has 1 aromatic carbocycles. The Hall–Kier alpha value is -2.20. The van der Waals surface area contributed by atoms with Crippen molar-refractivity contribution in [1.82, 2.24) is 15.2 Å². The smallest absolute Gasteiger partial charge is 0.251 e. The minimum absolute atomic E-state index is 0.0124. The summed E-state index contributed by atoms with van der Waals surface area (Å²) in [5.41, 5.74) is 1.99. The number of hydrogen-bond acceptors (Lipinski definition) is 3. The molecule has 1 N–H and O–H groups in total. The Labute approximate surface area is 131 Å². The van der Waals surface area contributed by atoms with Crippen LogP contribution in [0.15, 0.2) is 54.9 Å². The number of carbonyl (C=O) groups excluding carboxylic acids is 1. The molecule has 4 nitrogen and oxygen atoms in total. The molecular formula is C18H21N3O. The summed E-state index contributed by atoms with van der Waals surface area (Å²) in [6.45, 7) is 4.13. The molecule has 0 spiro atoms. The molecule has 0 saturated carbocycles. The standard InChI is InChI=1S/C18H21N3O/c1-14(15-5-3-2-4-6-15)21-12-9-17(13-21)20-18(22)16-7-10-19-11-8-16/h2-8,10-11,14,17H,9,12-13H2,1H3,(H,20,22)/t14-,17+/m1/s1. The number of aromatic nitrogens is 1. The fraction of sp³-hybridized carbons (Fsp3) is 0.333. The molecule has 0 aliphatic carbocycles. The maximum atomic E-state index is 12.2. The van der Waals surface area contributed by atoms with Gasteiger partial charge in [0, 0.05) is 43.1 Å². The first-order valence-corrected chi connectivity index (χ1v) is 7.74. The van der Waals surface area contributed by atoms with E-state index in [1.165, 1.54) is 5.56 Å². The Morgan fingerprint density at radius 1 is 1.23 bits per heavy atom. The van der Waals surface area contributed by atoms with Gasteiger partial charge in [-0.05, 0) is 31.0 Å². The fourth-order valence-electron chi connectivity index (χ4n) is 2.97. The first-order chi connectivity index (χ1) is 10.7. The third-order valence-electron chi connectivity index (χ3n) is 4.33. The lowest BCUT2D eigenvalue weighted by atomic mass is 10.1. The van der Waals surface area contributed by atoms with Crippen LogP contribution < -0.4 is 5.32 Å². The van der Waals surface area contributed by atoms with Gasteiger partial charge in [-0.2, -0.15) is 0 Å². The van der Waals surface area contributed by atoms with Crippen LogP contribution in [0.5, 0.6) is 0 Å². The molecule has 22 heavy (non-hydrogen) atoms. The van der Waals surface area contributed by atoms with Crippen LogP contribution in [0.1, 0.15) is 35.3 Å². The molecule has 1 amide bonds. The molecule has 2 heterocycles. The van der Waals surface area contributed by atoms with Crippen LogP contribution in [0, 0.1) is 0 Å². The predicted octanol–water partition coefficient (Wildman–Crippen LogP) is 2.65. The third kappa shape index (κ3) is 3.34. The van der Waals surface area contributed by atoms with Gasteiger partial charge in [0.25, 0.3) is 5.91 Å². The van der Waals surface area contributed by atoms with Gasteiger partial charge in [-0.25, -0.2) is 0 Å². The van der Waals surface area contributed by atoms with E-state index >= 15 is 0 Å². The molecule has 1 saturated heterocycles. The molecule has 1 aliphatic heterocycles. The summed E-state index contributed by atoms with van der Waals surface area (Å²) in [5, 5.41) is 3.12. The molecule has 0 unspecified atom stereocenters. The number of nitrogens with one attached hydrogen (secondary N) is 1. The molecular weight excluding hydrogens is 274 g/mol. The normalized spacial score (nSPS) is 19.8. The number of nitrogens with zero attached hydrogens (tertiary/aromatic N) is 2. The highest BCUT2D eigenvalue weighted by Gasteiger charge is 2.27. The number of amides is 1. The minimum Gasteiger partial charge on any atom is -0.348 e. The van der Waals surface area contributed by atoms with Crippen LogP contribution in [-0.4, -0.2) is 34.9 Å². The predicted molar refractivity (Wildman–Crippen MR) is 86.5 cm³/mol. The lowest BCUT2D eigenvalue weighted by molar-refractivity contribution is 0.0936. The van der Waals surface area contributed by atoms with Gasteiger partial charge in [-0.15, -0.1) is 0 Å². The van der Waals surface area contributed by atoms with Crippen LogP contribution in [-0.2, 0) is 0 Å². The van der Waals surface area contributed by atoms with Gasteiger partial charge in [0.2, 0.25) is 0 Å². The molecule has 4 heteroatoms. The van der Waals surface area contributed by atoms with Gasteiger partial charge in [0.15, 0.2) is 0 Å². The largest absolute Gasteiger partial charge is 0.348 e. The maximum Gasteiger partial charge on any atom is 0.251 e. The van der Waals surface area contributed by atoms with Gasteiger partial charge < -0.3 is 5.32 Å². The van der Waals surface area contributed by atoms with E-state index in [0.717, 1.165) is 19.5 Å². The monoisotopic (exact) mass is 295 g/mol. The van der Waals surface area contributed by atoms with Crippen molar-refractivity contribution in [3.8, 4) is 0 Å². The van der Waals surface area contributed by atoms with Crippen LogP contribution in [0.25, 0.3) is 0 Å². The molecule has 1 aliphatic rings. The average Bonchev–Trinajstić information content (AvgIpc) is 3.04. The van der Waals surface area contributed by atoms with E-state index in [4.69, 9.17) is 0 Å². The van der Waals surface area contributed by atoms with Crippen molar-refractivity contribution in [2.45, 2.75) is 25.4 Å². The second-order valence-electron chi connectivity index (χ2n) is 5.78. The van der Waals surface area contributed by atoms with Gasteiger partial charge in [0.05, 0.1) is 0 Å². The third-order valence-corrected chi connectivity index (χ3v) is 4.33. The summed E-state index contributed by atoms with van der Waals surface area (Å²) >= 11 is 0. The highest BCUT2D eigenvalue weighted by molar-refractivity contribution is 5.94. The molecule has 2 atom stereocenters. The van der Waals surface area contributed by atoms with E-state index in [-0.39, 0.29) is 11.9 Å². The van der Waals surface area contributed by atoms with Gasteiger partial charge in [-0.3, -0.25) is 14.7 Å². The van der Waals surface area contributed by atoms with E-state index < -0.39 is 0 Å². The maximum absolute atomic E-state index is 12.2. The van der Waals surface area contributed by atoms with Crippen molar-refractivity contribution in [1.29, 1.82) is 0 Å². The average molecular weight is 295 g/mol. The first kappa shape index (κ1) is 14.7. The molecule has 2 aromatic rings. The van der Waals surface area contributed by atoms with Crippen molar-refractivity contribution in [2.24, 2.45) is 0 Å². The quantitative estimate of drug-likeness (QED) is 0.943. The van der Waals surface area contributed by atoms with Crippen LogP contribution in [0.2, 0.25) is 0 Å². The molecule has 0 radical (unpaired) electrons. The first-order valence-electron chi connectivity index (χ1n) is 7.74. The van der Waals surface area contributed by atoms with E-state index in [2.05, 4.69) is 46.4 Å². The van der Waals surface area contributed by atoms with E-state index in [1.807, 2.05) is 6.07 Å². The summed E-state index contributed by atoms with van der Waals surface area (Å²) in [6, 6.07) is 14.6. The molecule has 1 aromatic heterocycles. The van der Waals surface area contributed by atoms with E-state index in [0.29, 0.717) is 11.6 Å². The number of pyridine rings is 1. The zero-order chi connectivity index (χ0) is 15.4. The Bertz CT molecular complexity index is 615. The Morgan fingerprint density at radius 2 is 1.95 bits per heavy atom. The number of rotatable bonds is 4. The Kier molecular flexibility index (Phi) is 4.49. The lowest BCUT2D eigenvalue weighted by Gasteiger charge is -2.24. The van der Waals surface area contributed by atoms with Crippen LogP contribution in [0.4, 0.5) is 0 Å². The SMILES string of the molecule is C[C@H](c1ccccc1)N1CC[C@H](NC(=O)c2ccncc2)C1. The number of hydrogen-bond donors (Lipinski definition) is 1. The number of benzene rings is 1. The van der Waals surface area contributed by atoms with Crippen molar-refractivity contribution >= 4 is 5.91 Å². The van der Waals surface area contributed by atoms with E-state index in [1.54, 1.807) is 24.5 Å². The number of likely N-dealkylation sites (tertiary alicyclic amines) is 1. The van der Waals surface area contributed by atoms with Crippen molar-refractivity contribution in [2.75, 3.05) is 13.1 Å². The summed E-state index contributed by atoms with van der Waals surface area (Å²) in [7, 11) is 0. The van der Waals surface area contributed by atoms with Crippen molar-refractivity contribution < 1.29 is 4.79 Å². The topological polar surface area (TPSA) is 45.2 Å². The zero-order valence-electron chi connectivity index (χ0n) is 12.8. The van der Waals surface area contributed by atoms with Crippen LogP contribution in [0.3, 0.4) is 0 Å². The lowest BCUT2D eigenvalue weighted by Crippen LogP contribution is -2.37. The van der Waals surface area contributed by atoms with Crippen molar-refractivity contribution in [3.63, 3.8) is 0 Å². The second-order valence-corrected chi connectivity index (χ2v) is 5.78. The zero-order valence-corrected chi connectivity index (χ0v) is 12.8. The molecule has 0 bridgehead atoms. The summed E-state index contributed by atoms with van der Waals surface area (Å²) < 4.78 is 0. The van der Waals surface area contributed by atoms with E-state index in [9.17, 15) is 4.79 Å². The number of carbonyl (C=O) groups is 1. The molecule has 3 rings (SSSR count). The highest BCUT2D eigenvalue weighted by Crippen LogP contribution is 2.24. The van der Waals surface area contributed by atoms with Gasteiger partial charge >= 0.3 is 0 Å². The second kappa shape index (κ2) is 6.71. The fourth-order valence-corrected chi connectivity index (χ4v) is 2.97. The Morgan fingerprint density at radius 3 is 2.68 bits per heavy atom. The van der Waals surface area contributed by atoms with Crippen LogP contribution >= 0.6 is 0 Å². The van der Waals surface area contributed by atoms with Gasteiger partial charge in [0.1, 0.15) is 0 Å². The molecule has 1 fully saturated rings. The molecule has 114 valence electrons. The highest BCUT2D eigenvalue weighted by atomic mass is 16.1.